The van der Waals surface area contributed by atoms with Crippen molar-refractivity contribution in [1.29, 1.82) is 0 Å². The summed E-state index contributed by atoms with van der Waals surface area (Å²) in [6.45, 7) is 8.11. The zero-order valence-corrected chi connectivity index (χ0v) is 27.0. The zero-order chi connectivity index (χ0) is 30.1. The molecular formula is C33H36Br2O6. The van der Waals surface area contributed by atoms with E-state index >= 15 is 0 Å². The number of hydrogen-bond donors (Lipinski definition) is 3. The first-order valence-electron chi connectivity index (χ1n) is 14.3. The predicted octanol–water partition coefficient (Wildman–Crippen LogP) is 8.59. The molecule has 0 fully saturated rings. The molecule has 0 aliphatic carbocycles. The molecule has 0 saturated heterocycles. The highest BCUT2D eigenvalue weighted by atomic mass is 79.9. The molecule has 4 rings (SSSR count). The van der Waals surface area contributed by atoms with E-state index in [0.717, 1.165) is 24.0 Å². The molecule has 0 bridgehead atoms. The summed E-state index contributed by atoms with van der Waals surface area (Å²) in [4.78, 5) is 25.8. The van der Waals surface area contributed by atoms with Gasteiger partial charge in [0.25, 0.3) is 0 Å². The van der Waals surface area contributed by atoms with Crippen LogP contribution in [0.15, 0.2) is 39.3 Å². The van der Waals surface area contributed by atoms with E-state index < -0.39 is 17.5 Å². The molecule has 0 saturated carbocycles. The van der Waals surface area contributed by atoms with Crippen LogP contribution in [0.25, 0.3) is 0 Å². The molecule has 1 aliphatic heterocycles. The van der Waals surface area contributed by atoms with Crippen LogP contribution in [0, 0.1) is 0 Å². The minimum absolute atomic E-state index is 0.0192. The summed E-state index contributed by atoms with van der Waals surface area (Å²) < 4.78 is 7.67. The lowest BCUT2D eigenvalue weighted by molar-refractivity contribution is 0.0244. The number of fused-ring (bicyclic) bond motifs is 1. The quantitative estimate of drug-likeness (QED) is 0.175. The summed E-state index contributed by atoms with van der Waals surface area (Å²) in [5, 5.41) is 33.1. The molecule has 1 aliphatic rings. The van der Waals surface area contributed by atoms with Crippen molar-refractivity contribution >= 4 is 43.8 Å². The summed E-state index contributed by atoms with van der Waals surface area (Å²) in [5.74, 6) is -1.54. The predicted molar refractivity (Wildman–Crippen MR) is 166 cm³/mol. The van der Waals surface area contributed by atoms with Crippen molar-refractivity contribution in [2.45, 2.75) is 84.7 Å². The van der Waals surface area contributed by atoms with Gasteiger partial charge in [0.2, 0.25) is 0 Å². The Morgan fingerprint density at radius 3 is 1.63 bits per heavy atom. The largest absolute Gasteiger partial charge is 0.506 e. The van der Waals surface area contributed by atoms with Crippen molar-refractivity contribution in [2.24, 2.45) is 0 Å². The maximum absolute atomic E-state index is 13.7. The lowest BCUT2D eigenvalue weighted by Gasteiger charge is -2.36. The molecule has 0 amide bonds. The number of phenols is 2. The molecule has 3 aromatic rings. The van der Waals surface area contributed by atoms with Crippen molar-refractivity contribution < 1.29 is 29.6 Å². The molecular weight excluding hydrogens is 652 g/mol. The highest BCUT2D eigenvalue weighted by molar-refractivity contribution is 9.11. The summed E-state index contributed by atoms with van der Waals surface area (Å²) in [5.41, 5.74) is 3.18. The van der Waals surface area contributed by atoms with Crippen LogP contribution in [0.5, 0.6) is 11.5 Å². The number of hydrogen-bond acceptors (Lipinski definition) is 5. The van der Waals surface area contributed by atoms with Crippen molar-refractivity contribution in [3.63, 3.8) is 0 Å². The van der Waals surface area contributed by atoms with Crippen LogP contribution in [0.4, 0.5) is 0 Å². The summed E-state index contributed by atoms with van der Waals surface area (Å²) in [7, 11) is 0. The summed E-state index contributed by atoms with van der Waals surface area (Å²) in [6, 6.07) is 8.36. The average molecular weight is 688 g/mol. The van der Waals surface area contributed by atoms with E-state index in [1.807, 2.05) is 39.8 Å². The number of aromatic hydroxyl groups is 2. The lowest BCUT2D eigenvalue weighted by atomic mass is 9.73. The van der Waals surface area contributed by atoms with Crippen LogP contribution in [0.2, 0.25) is 0 Å². The van der Waals surface area contributed by atoms with Gasteiger partial charge in [0.15, 0.2) is 5.60 Å². The highest BCUT2D eigenvalue weighted by Gasteiger charge is 2.52. The maximum atomic E-state index is 13.7. The Morgan fingerprint density at radius 1 is 0.756 bits per heavy atom. The molecule has 0 unspecified atom stereocenters. The van der Waals surface area contributed by atoms with Crippen LogP contribution >= 0.6 is 31.9 Å². The second kappa shape index (κ2) is 12.6. The number of aromatic carboxylic acids is 1. The van der Waals surface area contributed by atoms with E-state index in [1.165, 1.54) is 18.2 Å². The van der Waals surface area contributed by atoms with Crippen molar-refractivity contribution in [3.8, 4) is 11.5 Å². The van der Waals surface area contributed by atoms with Gasteiger partial charge in [-0.3, -0.25) is 0 Å². The molecule has 6 nitrogen and oxygen atoms in total. The Labute approximate surface area is 258 Å². The van der Waals surface area contributed by atoms with Crippen molar-refractivity contribution in [2.75, 3.05) is 0 Å². The van der Waals surface area contributed by atoms with Gasteiger partial charge in [0, 0.05) is 27.8 Å². The Morgan fingerprint density at radius 2 is 1.22 bits per heavy atom. The number of carboxylic acids is 1. The SMILES string of the molecule is CCCc1cc(C2(c3cc(CCC)c(Br)c(O)c3CCC)OC(=O)c3ccc(C(=O)O)cc32)c(CCC)c(O)c1Br. The maximum Gasteiger partial charge on any atom is 0.340 e. The monoisotopic (exact) mass is 686 g/mol. The number of carboxylic acid groups (broad SMARTS) is 1. The lowest BCUT2D eigenvalue weighted by Crippen LogP contribution is -2.33. The normalized spacial score (nSPS) is 13.8. The third-order valence-electron chi connectivity index (χ3n) is 7.75. The molecule has 0 radical (unpaired) electrons. The van der Waals surface area contributed by atoms with E-state index in [9.17, 15) is 24.9 Å². The number of phenolic OH excluding ortho intramolecular Hbond substituents is 2. The number of esters is 1. The number of halogens is 2. The minimum atomic E-state index is -1.59. The molecule has 0 atom stereocenters. The first kappa shape index (κ1) is 31.1. The first-order chi connectivity index (χ1) is 19.6. The van der Waals surface area contributed by atoms with E-state index in [2.05, 4.69) is 31.9 Å². The smallest absolute Gasteiger partial charge is 0.340 e. The van der Waals surface area contributed by atoms with E-state index in [1.54, 1.807) is 0 Å². The van der Waals surface area contributed by atoms with Crippen LogP contribution in [-0.2, 0) is 36.0 Å². The van der Waals surface area contributed by atoms with Crippen LogP contribution in [0.1, 0.15) is 113 Å². The number of aryl methyl sites for hydroxylation is 2. The first-order valence-corrected chi connectivity index (χ1v) is 15.8. The van der Waals surface area contributed by atoms with Crippen molar-refractivity contribution in [1.82, 2.24) is 0 Å². The number of cyclic esters (lactones) is 1. The standard InChI is InChI=1S/C33H36Br2O6/c1-5-9-18-15-24(21(11-7-3)29(36)27(18)34)33(26-17-20(31(38)39)13-14-23(26)32(40)41-33)25-16-19(10-6-2)28(35)30(37)22(25)12-8-4/h13-17,36-37H,5-12H2,1-4H3,(H,38,39). The fourth-order valence-corrected chi connectivity index (χ4v) is 7.06. The van der Waals surface area contributed by atoms with Crippen LogP contribution < -0.4 is 0 Å². The zero-order valence-electron chi connectivity index (χ0n) is 23.9. The fourth-order valence-electron chi connectivity index (χ4n) is 5.95. The highest BCUT2D eigenvalue weighted by Crippen LogP contribution is 2.54. The number of rotatable bonds is 11. The fraction of sp³-hybridized carbons (Fsp3) is 0.394. The van der Waals surface area contributed by atoms with Gasteiger partial charge in [-0.05, 0) is 99.0 Å². The van der Waals surface area contributed by atoms with Gasteiger partial charge in [0.1, 0.15) is 11.5 Å². The summed E-state index contributed by atoms with van der Waals surface area (Å²) >= 11 is 7.21. The number of carbonyl (C=O) groups excluding carboxylic acids is 1. The van der Waals surface area contributed by atoms with Crippen LogP contribution in [0.3, 0.4) is 0 Å². The van der Waals surface area contributed by atoms with Gasteiger partial charge >= 0.3 is 11.9 Å². The van der Waals surface area contributed by atoms with E-state index in [4.69, 9.17) is 4.74 Å². The second-order valence-corrected chi connectivity index (χ2v) is 12.2. The molecule has 3 N–H and O–H groups in total. The average Bonchev–Trinajstić information content (AvgIpc) is 3.24. The molecule has 0 aromatic heterocycles. The Hall–Kier alpha value is -2.84. The Bertz CT molecular complexity index is 1440. The van der Waals surface area contributed by atoms with Gasteiger partial charge in [0.05, 0.1) is 20.1 Å². The van der Waals surface area contributed by atoms with Gasteiger partial charge in [-0.25, -0.2) is 9.59 Å². The van der Waals surface area contributed by atoms with Gasteiger partial charge in [-0.1, -0.05) is 53.4 Å². The Balaban J connectivity index is 2.28. The van der Waals surface area contributed by atoms with E-state index in [-0.39, 0.29) is 22.6 Å². The topological polar surface area (TPSA) is 104 Å². The minimum Gasteiger partial charge on any atom is -0.506 e. The molecule has 1 heterocycles. The third-order valence-corrected chi connectivity index (χ3v) is 9.52. The molecule has 41 heavy (non-hydrogen) atoms. The second-order valence-electron chi connectivity index (χ2n) is 10.6. The number of ether oxygens (including phenoxy) is 1. The molecule has 0 spiro atoms. The summed E-state index contributed by atoms with van der Waals surface area (Å²) in [6.07, 6.45) is 5.36. The van der Waals surface area contributed by atoms with E-state index in [0.29, 0.717) is 75.3 Å². The van der Waals surface area contributed by atoms with Crippen LogP contribution in [-0.4, -0.2) is 27.3 Å². The molecule has 218 valence electrons. The number of carbonyl (C=O) groups is 2. The number of benzene rings is 3. The van der Waals surface area contributed by atoms with Gasteiger partial charge in [-0.2, -0.15) is 0 Å². The van der Waals surface area contributed by atoms with Gasteiger partial charge in [-0.15, -0.1) is 0 Å². The Kier molecular flexibility index (Phi) is 9.54. The van der Waals surface area contributed by atoms with Gasteiger partial charge < -0.3 is 20.1 Å². The molecule has 8 heteroatoms. The third kappa shape index (κ3) is 5.29. The molecule has 3 aromatic carbocycles. The van der Waals surface area contributed by atoms with Crippen molar-refractivity contribution in [3.05, 3.63) is 89.3 Å².